The number of ether oxygens (including phenoxy) is 2. The minimum absolute atomic E-state index is 0.0907. The molecule has 4 nitrogen and oxygen atoms in total. The van der Waals surface area contributed by atoms with Gasteiger partial charge in [-0.2, -0.15) is 0 Å². The Morgan fingerprint density at radius 2 is 1.58 bits per heavy atom. The van der Waals surface area contributed by atoms with Crippen molar-refractivity contribution >= 4 is 11.9 Å². The van der Waals surface area contributed by atoms with Crippen LogP contribution in [0.3, 0.4) is 0 Å². The standard InChI is InChI=1S/C15H20O4/c1-4-14(6-7-14)12(16)18-10-11(3)19-13(17)15(5-2)8-9-15/h4-5,11H,1-2,6-10H2,3H3. The van der Waals surface area contributed by atoms with Gasteiger partial charge in [0, 0.05) is 0 Å². The first kappa shape index (κ1) is 13.8. The maximum Gasteiger partial charge on any atom is 0.316 e. The van der Waals surface area contributed by atoms with E-state index in [1.54, 1.807) is 19.1 Å². The summed E-state index contributed by atoms with van der Waals surface area (Å²) in [5.41, 5.74) is -0.973. The highest BCUT2D eigenvalue weighted by Gasteiger charge is 2.50. The lowest BCUT2D eigenvalue weighted by atomic mass is 10.1. The second kappa shape index (κ2) is 4.83. The van der Waals surface area contributed by atoms with Crippen LogP contribution >= 0.6 is 0 Å². The molecule has 0 heterocycles. The number of rotatable bonds is 7. The quantitative estimate of drug-likeness (QED) is 0.523. The van der Waals surface area contributed by atoms with E-state index < -0.39 is 16.9 Å². The van der Waals surface area contributed by atoms with E-state index >= 15 is 0 Å². The normalized spacial score (nSPS) is 22.8. The van der Waals surface area contributed by atoms with Gasteiger partial charge in [0.05, 0.1) is 10.8 Å². The van der Waals surface area contributed by atoms with Crippen LogP contribution in [0.15, 0.2) is 25.3 Å². The largest absolute Gasteiger partial charge is 0.461 e. The van der Waals surface area contributed by atoms with Crippen molar-refractivity contribution in [1.82, 2.24) is 0 Å². The average molecular weight is 264 g/mol. The van der Waals surface area contributed by atoms with Gasteiger partial charge in [-0.05, 0) is 32.6 Å². The highest BCUT2D eigenvalue weighted by Crippen LogP contribution is 2.48. The van der Waals surface area contributed by atoms with Gasteiger partial charge in [0.15, 0.2) is 0 Å². The Morgan fingerprint density at radius 1 is 1.11 bits per heavy atom. The van der Waals surface area contributed by atoms with Crippen molar-refractivity contribution in [3.8, 4) is 0 Å². The Labute approximate surface area is 113 Å². The summed E-state index contributed by atoms with van der Waals surface area (Å²) in [4.78, 5) is 23.6. The highest BCUT2D eigenvalue weighted by molar-refractivity contribution is 5.83. The first-order valence-corrected chi connectivity index (χ1v) is 6.63. The number of carbonyl (C=O) groups excluding carboxylic acids is 2. The molecule has 0 aliphatic heterocycles. The molecule has 0 N–H and O–H groups in total. The van der Waals surface area contributed by atoms with E-state index in [1.807, 2.05) is 0 Å². The zero-order valence-electron chi connectivity index (χ0n) is 11.3. The minimum atomic E-state index is -0.489. The molecule has 1 atom stereocenters. The second-order valence-electron chi connectivity index (χ2n) is 5.53. The van der Waals surface area contributed by atoms with Crippen LogP contribution < -0.4 is 0 Å². The van der Waals surface area contributed by atoms with Gasteiger partial charge >= 0.3 is 11.9 Å². The molecular weight excluding hydrogens is 244 g/mol. The first-order valence-electron chi connectivity index (χ1n) is 6.63. The molecule has 2 aliphatic rings. The third-order valence-corrected chi connectivity index (χ3v) is 3.93. The summed E-state index contributed by atoms with van der Waals surface area (Å²) in [7, 11) is 0. The van der Waals surface area contributed by atoms with Crippen LogP contribution in [0.25, 0.3) is 0 Å². The lowest BCUT2D eigenvalue weighted by Crippen LogP contribution is -2.28. The third kappa shape index (κ3) is 2.72. The van der Waals surface area contributed by atoms with E-state index in [0.29, 0.717) is 0 Å². The summed E-state index contributed by atoms with van der Waals surface area (Å²) in [5, 5.41) is 0. The summed E-state index contributed by atoms with van der Waals surface area (Å²) >= 11 is 0. The Balaban J connectivity index is 1.74. The summed E-state index contributed by atoms with van der Waals surface area (Å²) in [6.07, 6.45) is 6.03. The second-order valence-corrected chi connectivity index (χ2v) is 5.53. The Morgan fingerprint density at radius 3 is 2.00 bits per heavy atom. The molecular formula is C15H20O4. The summed E-state index contributed by atoms with van der Waals surface area (Å²) in [5.74, 6) is -0.536. The Bertz CT molecular complexity index is 416. The fourth-order valence-corrected chi connectivity index (χ4v) is 1.92. The van der Waals surface area contributed by atoms with Crippen LogP contribution in [-0.4, -0.2) is 24.6 Å². The van der Waals surface area contributed by atoms with Crippen LogP contribution in [0.2, 0.25) is 0 Å². The van der Waals surface area contributed by atoms with Crippen LogP contribution in [0.4, 0.5) is 0 Å². The van der Waals surface area contributed by atoms with E-state index in [0.717, 1.165) is 25.7 Å². The van der Waals surface area contributed by atoms with Crippen molar-refractivity contribution in [2.75, 3.05) is 6.61 Å². The molecule has 2 rings (SSSR count). The molecule has 1 unspecified atom stereocenters. The molecule has 0 amide bonds. The summed E-state index contributed by atoms with van der Waals surface area (Å²) in [6.45, 7) is 9.11. The smallest absolute Gasteiger partial charge is 0.316 e. The SMILES string of the molecule is C=CC1(C(=O)OCC(C)OC(=O)C2(C=C)CC2)CC1. The molecule has 19 heavy (non-hydrogen) atoms. The van der Waals surface area contributed by atoms with Gasteiger partial charge < -0.3 is 9.47 Å². The maximum atomic E-state index is 11.8. The van der Waals surface area contributed by atoms with E-state index in [4.69, 9.17) is 9.47 Å². The van der Waals surface area contributed by atoms with Crippen molar-refractivity contribution in [2.24, 2.45) is 10.8 Å². The average Bonchev–Trinajstić information content (AvgIpc) is 3.29. The van der Waals surface area contributed by atoms with Gasteiger partial charge in [0.2, 0.25) is 0 Å². The molecule has 0 aromatic heterocycles. The number of carbonyl (C=O) groups is 2. The van der Waals surface area contributed by atoms with Gasteiger partial charge in [0.25, 0.3) is 0 Å². The van der Waals surface area contributed by atoms with E-state index in [-0.39, 0.29) is 18.5 Å². The van der Waals surface area contributed by atoms with Crippen molar-refractivity contribution in [3.63, 3.8) is 0 Å². The molecule has 0 saturated heterocycles. The van der Waals surface area contributed by atoms with E-state index in [1.165, 1.54) is 0 Å². The predicted molar refractivity (Wildman–Crippen MR) is 70.2 cm³/mol. The minimum Gasteiger partial charge on any atom is -0.461 e. The van der Waals surface area contributed by atoms with Crippen molar-refractivity contribution in [3.05, 3.63) is 25.3 Å². The fourth-order valence-electron chi connectivity index (χ4n) is 1.92. The highest BCUT2D eigenvalue weighted by atomic mass is 16.6. The van der Waals surface area contributed by atoms with E-state index in [2.05, 4.69) is 13.2 Å². The van der Waals surface area contributed by atoms with Gasteiger partial charge in [-0.1, -0.05) is 12.2 Å². The molecule has 0 radical (unpaired) electrons. The van der Waals surface area contributed by atoms with Crippen LogP contribution in [0.5, 0.6) is 0 Å². The monoisotopic (exact) mass is 264 g/mol. The summed E-state index contributed by atoms with van der Waals surface area (Å²) < 4.78 is 10.4. The lowest BCUT2D eigenvalue weighted by Gasteiger charge is -2.17. The maximum absolute atomic E-state index is 11.8. The lowest BCUT2D eigenvalue weighted by molar-refractivity contribution is -0.162. The number of hydrogen-bond donors (Lipinski definition) is 0. The van der Waals surface area contributed by atoms with Crippen LogP contribution in [-0.2, 0) is 19.1 Å². The van der Waals surface area contributed by atoms with Gasteiger partial charge in [-0.3, -0.25) is 9.59 Å². The topological polar surface area (TPSA) is 52.6 Å². The van der Waals surface area contributed by atoms with Crippen LogP contribution in [0, 0.1) is 10.8 Å². The number of hydrogen-bond acceptors (Lipinski definition) is 4. The number of esters is 2. The van der Waals surface area contributed by atoms with Gasteiger partial charge in [-0.25, -0.2) is 0 Å². The van der Waals surface area contributed by atoms with Crippen LogP contribution in [0.1, 0.15) is 32.6 Å². The molecule has 4 heteroatoms. The Hall–Kier alpha value is -1.58. The Kier molecular flexibility index (Phi) is 3.52. The third-order valence-electron chi connectivity index (χ3n) is 3.93. The zero-order valence-corrected chi connectivity index (χ0v) is 11.3. The molecule has 2 saturated carbocycles. The molecule has 0 bridgehead atoms. The molecule has 104 valence electrons. The first-order chi connectivity index (χ1) is 8.98. The molecule has 0 aromatic carbocycles. The van der Waals surface area contributed by atoms with E-state index in [9.17, 15) is 9.59 Å². The van der Waals surface area contributed by atoms with Gasteiger partial charge in [-0.15, -0.1) is 13.2 Å². The molecule has 2 aliphatic carbocycles. The van der Waals surface area contributed by atoms with Gasteiger partial charge in [0.1, 0.15) is 12.7 Å². The summed E-state index contributed by atoms with van der Waals surface area (Å²) in [6, 6.07) is 0. The molecule has 0 aromatic rings. The predicted octanol–water partition coefficient (Wildman–Crippen LogP) is 2.39. The van der Waals surface area contributed by atoms with Crippen molar-refractivity contribution in [2.45, 2.75) is 38.7 Å². The molecule has 2 fully saturated rings. The zero-order chi connectivity index (χ0) is 14.1. The fraction of sp³-hybridized carbons (Fsp3) is 0.600. The van der Waals surface area contributed by atoms with Crippen molar-refractivity contribution < 1.29 is 19.1 Å². The molecule has 0 spiro atoms. The van der Waals surface area contributed by atoms with Crippen molar-refractivity contribution in [1.29, 1.82) is 0 Å².